The second kappa shape index (κ2) is 6.27. The third kappa shape index (κ3) is 2.43. The zero-order valence-electron chi connectivity index (χ0n) is 15.7. The van der Waals surface area contributed by atoms with Gasteiger partial charge in [0, 0.05) is 11.7 Å². The number of benzene rings is 1. The zero-order chi connectivity index (χ0) is 19.1. The van der Waals surface area contributed by atoms with Gasteiger partial charge in [0.2, 0.25) is 5.91 Å². The van der Waals surface area contributed by atoms with Crippen molar-refractivity contribution in [3.05, 3.63) is 48.2 Å². The van der Waals surface area contributed by atoms with Crippen LogP contribution in [-0.4, -0.2) is 42.4 Å². The summed E-state index contributed by atoms with van der Waals surface area (Å²) in [6.45, 7) is 5.86. The Morgan fingerprint density at radius 1 is 1.19 bits per heavy atom. The predicted molar refractivity (Wildman–Crippen MR) is 97.3 cm³/mol. The van der Waals surface area contributed by atoms with Crippen LogP contribution in [0.4, 0.5) is 0 Å². The van der Waals surface area contributed by atoms with Gasteiger partial charge in [0.25, 0.3) is 0 Å². The number of amides is 1. The minimum atomic E-state index is -1.48. The molecule has 3 rings (SSSR count). The number of hydrogen-bond acceptors (Lipinski definition) is 5. The lowest BCUT2D eigenvalue weighted by molar-refractivity contribution is -0.157. The highest BCUT2D eigenvalue weighted by molar-refractivity contribution is 6.12. The topological polar surface area (TPSA) is 68.2 Å². The molecule has 2 aliphatic heterocycles. The molecule has 1 aromatic rings. The average molecular weight is 356 g/mol. The Kier molecular flexibility index (Phi) is 4.38. The maximum Gasteiger partial charge on any atom is 0.326 e. The van der Waals surface area contributed by atoms with Crippen LogP contribution in [0.25, 0.3) is 0 Å². The van der Waals surface area contributed by atoms with Crippen LogP contribution in [-0.2, 0) is 19.1 Å². The summed E-state index contributed by atoms with van der Waals surface area (Å²) in [7, 11) is 2.80. The highest BCUT2D eigenvalue weighted by atomic mass is 16.5. The number of nitrogens with zero attached hydrogens (tertiary/aromatic N) is 2. The van der Waals surface area contributed by atoms with Gasteiger partial charge in [-0.3, -0.25) is 9.59 Å². The zero-order valence-corrected chi connectivity index (χ0v) is 15.7. The molecule has 1 saturated heterocycles. The Morgan fingerprint density at radius 3 is 2.38 bits per heavy atom. The Hall–Kier alpha value is -2.63. The van der Waals surface area contributed by atoms with Crippen molar-refractivity contribution in [1.82, 2.24) is 4.90 Å². The minimum Gasteiger partial charge on any atom is -0.484 e. The first-order chi connectivity index (χ1) is 12.3. The number of likely N-dealkylation sites (tertiary alicyclic amines) is 1. The van der Waals surface area contributed by atoms with Gasteiger partial charge in [-0.15, -0.1) is 0 Å². The van der Waals surface area contributed by atoms with E-state index in [0.29, 0.717) is 5.90 Å². The molecule has 0 aliphatic carbocycles. The van der Waals surface area contributed by atoms with Crippen LogP contribution in [0.1, 0.15) is 32.4 Å². The maximum absolute atomic E-state index is 13.6. The van der Waals surface area contributed by atoms with Gasteiger partial charge >= 0.3 is 5.97 Å². The Labute approximate surface area is 153 Å². The van der Waals surface area contributed by atoms with Crippen LogP contribution >= 0.6 is 0 Å². The van der Waals surface area contributed by atoms with Gasteiger partial charge in [-0.05, 0) is 32.4 Å². The highest BCUT2D eigenvalue weighted by Gasteiger charge is 2.68. The maximum atomic E-state index is 13.6. The van der Waals surface area contributed by atoms with Gasteiger partial charge in [-0.25, -0.2) is 4.99 Å². The van der Waals surface area contributed by atoms with Crippen molar-refractivity contribution in [3.63, 3.8) is 0 Å². The third-order valence-electron chi connectivity index (χ3n) is 5.06. The molecule has 0 unspecified atom stereocenters. The van der Waals surface area contributed by atoms with Crippen molar-refractivity contribution >= 4 is 17.8 Å². The van der Waals surface area contributed by atoms with Crippen molar-refractivity contribution in [2.24, 2.45) is 16.3 Å². The quantitative estimate of drug-likeness (QED) is 0.604. The van der Waals surface area contributed by atoms with E-state index < -0.39 is 28.9 Å². The fraction of sp³-hybridized carbons (Fsp3) is 0.450. The van der Waals surface area contributed by atoms with Crippen LogP contribution in [0.5, 0.6) is 0 Å². The van der Waals surface area contributed by atoms with E-state index in [-0.39, 0.29) is 5.91 Å². The highest BCUT2D eigenvalue weighted by Crippen LogP contribution is 2.55. The molecule has 0 saturated carbocycles. The molecular weight excluding hydrogens is 332 g/mol. The lowest BCUT2D eigenvalue weighted by atomic mass is 9.72. The summed E-state index contributed by atoms with van der Waals surface area (Å²) in [5.74, 6) is -1.14. The van der Waals surface area contributed by atoms with Gasteiger partial charge < -0.3 is 14.4 Å². The molecule has 6 heteroatoms. The molecule has 0 aromatic heterocycles. The minimum absolute atomic E-state index is 0.295. The van der Waals surface area contributed by atoms with E-state index in [1.54, 1.807) is 11.0 Å². The number of methoxy groups -OCH3 is 2. The van der Waals surface area contributed by atoms with Crippen LogP contribution in [0, 0.1) is 11.3 Å². The molecule has 1 aromatic carbocycles. The van der Waals surface area contributed by atoms with Crippen molar-refractivity contribution in [3.8, 4) is 0 Å². The number of aliphatic imine (C=N–C) groups is 1. The average Bonchev–Trinajstić information content (AvgIpc) is 2.92. The fourth-order valence-electron chi connectivity index (χ4n) is 4.01. The SMILES string of the molecule is COC(=O)[C@@]12C=CN=C(OC)[C@@H]1[C@@H](c1ccccc1)N(C(C)(C)C)C2=O. The molecule has 6 nitrogen and oxygen atoms in total. The Morgan fingerprint density at radius 2 is 1.85 bits per heavy atom. The first-order valence-electron chi connectivity index (χ1n) is 8.55. The Bertz CT molecular complexity index is 779. The van der Waals surface area contributed by atoms with Crippen molar-refractivity contribution < 1.29 is 19.1 Å². The number of hydrogen-bond donors (Lipinski definition) is 0. The van der Waals surface area contributed by atoms with Gasteiger partial charge in [-0.1, -0.05) is 30.3 Å². The normalized spacial score (nSPS) is 27.8. The molecule has 0 radical (unpaired) electrons. The number of fused-ring (bicyclic) bond motifs is 1. The Balaban J connectivity index is 2.30. The summed E-state index contributed by atoms with van der Waals surface area (Å²) in [5, 5.41) is 0. The van der Waals surface area contributed by atoms with Gasteiger partial charge in [0.1, 0.15) is 0 Å². The van der Waals surface area contributed by atoms with E-state index in [1.807, 2.05) is 51.1 Å². The lowest BCUT2D eigenvalue weighted by Crippen LogP contribution is -2.49. The summed E-state index contributed by atoms with van der Waals surface area (Å²) < 4.78 is 10.6. The summed E-state index contributed by atoms with van der Waals surface area (Å²) in [4.78, 5) is 32.5. The van der Waals surface area contributed by atoms with E-state index in [1.165, 1.54) is 20.4 Å². The number of carbonyl (C=O) groups excluding carboxylic acids is 2. The first-order valence-corrected chi connectivity index (χ1v) is 8.55. The molecule has 1 amide bonds. The predicted octanol–water partition coefficient (Wildman–Crippen LogP) is 2.72. The smallest absolute Gasteiger partial charge is 0.326 e. The standard InChI is InChI=1S/C20H24N2O4/c1-19(2,3)22-15(13-9-7-6-8-10-13)14-16(25-4)21-12-11-20(14,17(22)23)18(24)26-5/h6-12,14-15H,1-5H3/t14-,15+,20-/m0/s1. The van der Waals surface area contributed by atoms with Gasteiger partial charge in [0.05, 0.1) is 26.2 Å². The molecule has 0 N–H and O–H groups in total. The summed E-state index contributed by atoms with van der Waals surface area (Å²) >= 11 is 0. The number of rotatable bonds is 2. The summed E-state index contributed by atoms with van der Waals surface area (Å²) in [6, 6.07) is 9.26. The molecule has 3 atom stereocenters. The van der Waals surface area contributed by atoms with Crippen molar-refractivity contribution in [1.29, 1.82) is 0 Å². The van der Waals surface area contributed by atoms with Crippen LogP contribution < -0.4 is 0 Å². The molecule has 2 heterocycles. The monoisotopic (exact) mass is 356 g/mol. The molecule has 0 spiro atoms. The first kappa shape index (κ1) is 18.2. The van der Waals surface area contributed by atoms with Crippen LogP contribution in [0.3, 0.4) is 0 Å². The second-order valence-electron chi connectivity index (χ2n) is 7.53. The molecule has 2 aliphatic rings. The van der Waals surface area contributed by atoms with E-state index in [4.69, 9.17) is 9.47 Å². The summed E-state index contributed by atoms with van der Waals surface area (Å²) in [6.07, 6.45) is 3.01. The van der Waals surface area contributed by atoms with E-state index in [2.05, 4.69) is 4.99 Å². The molecule has 138 valence electrons. The fourth-order valence-corrected chi connectivity index (χ4v) is 4.01. The van der Waals surface area contributed by atoms with E-state index >= 15 is 0 Å². The molecule has 26 heavy (non-hydrogen) atoms. The van der Waals surface area contributed by atoms with Crippen molar-refractivity contribution in [2.45, 2.75) is 32.4 Å². The van der Waals surface area contributed by atoms with Crippen LogP contribution in [0.15, 0.2) is 47.6 Å². The molecule has 0 bridgehead atoms. The van der Waals surface area contributed by atoms with Gasteiger partial charge in [-0.2, -0.15) is 0 Å². The summed E-state index contributed by atoms with van der Waals surface area (Å²) in [5.41, 5.74) is -1.07. The van der Waals surface area contributed by atoms with Crippen LogP contribution in [0.2, 0.25) is 0 Å². The number of ether oxygens (including phenoxy) is 2. The van der Waals surface area contributed by atoms with Gasteiger partial charge in [0.15, 0.2) is 11.3 Å². The molecule has 1 fully saturated rings. The second-order valence-corrected chi connectivity index (χ2v) is 7.53. The lowest BCUT2D eigenvalue weighted by Gasteiger charge is -2.38. The number of carbonyl (C=O) groups is 2. The van der Waals surface area contributed by atoms with E-state index in [9.17, 15) is 9.59 Å². The number of esters is 1. The largest absolute Gasteiger partial charge is 0.484 e. The third-order valence-corrected chi connectivity index (χ3v) is 5.06. The van der Waals surface area contributed by atoms with Crippen molar-refractivity contribution in [2.75, 3.05) is 14.2 Å². The van der Waals surface area contributed by atoms with E-state index in [0.717, 1.165) is 5.56 Å². The molecular formula is C20H24N2O4.